The van der Waals surface area contributed by atoms with Crippen LogP contribution in [0.3, 0.4) is 0 Å². The maximum absolute atomic E-state index is 13.2. The van der Waals surface area contributed by atoms with Crippen molar-refractivity contribution in [1.29, 1.82) is 0 Å². The molecule has 1 N–H and O–H groups in total. The first-order valence-corrected chi connectivity index (χ1v) is 14.2. The zero-order valence-electron chi connectivity index (χ0n) is 22.0. The van der Waals surface area contributed by atoms with E-state index >= 15 is 0 Å². The zero-order valence-corrected chi connectivity index (χ0v) is 22.0. The number of fused-ring (bicyclic) bond motifs is 3. The number of aryl methyl sites for hydroxylation is 2. The van der Waals surface area contributed by atoms with E-state index in [4.69, 9.17) is 4.98 Å². The van der Waals surface area contributed by atoms with E-state index in [1.165, 1.54) is 50.8 Å². The van der Waals surface area contributed by atoms with Gasteiger partial charge in [-0.25, -0.2) is 15.0 Å². The Hall–Kier alpha value is -3.00. The number of piperidine rings is 2. The fraction of sp³-hybridized carbons (Fsp3) is 0.586. The topological polar surface area (TPSA) is 79.2 Å². The highest BCUT2D eigenvalue weighted by atomic mass is 16.1. The van der Waals surface area contributed by atoms with Gasteiger partial charge >= 0.3 is 0 Å². The number of nitrogens with zero attached hydrogens (tertiary/aromatic N) is 6. The Morgan fingerprint density at radius 1 is 0.973 bits per heavy atom. The van der Waals surface area contributed by atoms with Crippen molar-refractivity contribution in [2.24, 2.45) is 11.8 Å². The van der Waals surface area contributed by atoms with Gasteiger partial charge in [0.2, 0.25) is 5.91 Å². The predicted octanol–water partition coefficient (Wildman–Crippen LogP) is 4.64. The van der Waals surface area contributed by atoms with Crippen LogP contribution in [0.15, 0.2) is 30.6 Å². The van der Waals surface area contributed by atoms with E-state index in [1.807, 2.05) is 12.1 Å². The highest BCUT2D eigenvalue weighted by molar-refractivity contribution is 5.93. The number of anilines is 2. The lowest BCUT2D eigenvalue weighted by Gasteiger charge is -2.32. The summed E-state index contributed by atoms with van der Waals surface area (Å²) in [5.41, 5.74) is 4.01. The summed E-state index contributed by atoms with van der Waals surface area (Å²) in [5, 5.41) is 3.17. The minimum Gasteiger partial charge on any atom is -0.354 e. The number of hydrogen-bond donors (Lipinski definition) is 1. The monoisotopic (exact) mass is 501 g/mol. The molecule has 0 spiro atoms. The Morgan fingerprint density at radius 2 is 1.81 bits per heavy atom. The molecule has 2 saturated heterocycles. The van der Waals surface area contributed by atoms with Gasteiger partial charge in [-0.2, -0.15) is 0 Å². The number of aromatic nitrogens is 4. The molecule has 0 bridgehead atoms. The summed E-state index contributed by atoms with van der Waals surface area (Å²) in [6.45, 7) is 8.22. The molecule has 0 aliphatic carbocycles. The van der Waals surface area contributed by atoms with E-state index in [0.29, 0.717) is 6.54 Å². The number of benzene rings is 1. The minimum absolute atomic E-state index is 0.0748. The van der Waals surface area contributed by atoms with Gasteiger partial charge in [0.05, 0.1) is 5.92 Å². The lowest BCUT2D eigenvalue weighted by atomic mass is 9.97. The summed E-state index contributed by atoms with van der Waals surface area (Å²) in [6, 6.07) is 8.40. The molecule has 2 aromatic heterocycles. The van der Waals surface area contributed by atoms with Gasteiger partial charge in [-0.05, 0) is 75.2 Å². The van der Waals surface area contributed by atoms with Crippen LogP contribution in [0.2, 0.25) is 0 Å². The number of likely N-dealkylation sites (tertiary alicyclic amines) is 1. The molecular formula is C29H39N7O. The molecule has 3 aromatic rings. The molecule has 1 atom stereocenters. The van der Waals surface area contributed by atoms with E-state index in [1.54, 1.807) is 6.33 Å². The molecule has 0 radical (unpaired) electrons. The fourth-order valence-corrected chi connectivity index (χ4v) is 6.16. The minimum atomic E-state index is -0.0748. The maximum Gasteiger partial charge on any atom is 0.229 e. The number of amides is 1. The van der Waals surface area contributed by atoms with Gasteiger partial charge in [-0.3, -0.25) is 9.69 Å². The van der Waals surface area contributed by atoms with Crippen LogP contribution in [0, 0.1) is 11.8 Å². The van der Waals surface area contributed by atoms with Crippen LogP contribution in [-0.4, -0.2) is 56.5 Å². The molecule has 8 heteroatoms. The molecule has 6 rings (SSSR count). The molecule has 3 aliphatic rings. The number of carbonyl (C=O) groups excluding carboxylic acids is 1. The SMILES string of the molecule is CC1CCN(Cc2ccc(NC(=O)[C@H]3CCCN(c4ncnc5c4nc4n5CCCCC4)C3)cc2)CC1. The largest absolute Gasteiger partial charge is 0.354 e. The van der Waals surface area contributed by atoms with Crippen LogP contribution in [-0.2, 0) is 24.3 Å². The van der Waals surface area contributed by atoms with E-state index in [9.17, 15) is 4.79 Å². The van der Waals surface area contributed by atoms with E-state index in [-0.39, 0.29) is 11.8 Å². The molecule has 2 fully saturated rings. The zero-order chi connectivity index (χ0) is 25.2. The van der Waals surface area contributed by atoms with Crippen LogP contribution >= 0.6 is 0 Å². The summed E-state index contributed by atoms with van der Waals surface area (Å²) >= 11 is 0. The molecular weight excluding hydrogens is 462 g/mol. The third-order valence-corrected chi connectivity index (χ3v) is 8.47. The predicted molar refractivity (Wildman–Crippen MR) is 147 cm³/mol. The molecule has 0 saturated carbocycles. The summed E-state index contributed by atoms with van der Waals surface area (Å²) in [5.74, 6) is 2.86. The molecule has 8 nitrogen and oxygen atoms in total. The van der Waals surface area contributed by atoms with Crippen molar-refractivity contribution in [1.82, 2.24) is 24.4 Å². The Labute approximate surface area is 219 Å². The number of carbonyl (C=O) groups is 1. The van der Waals surface area contributed by atoms with Crippen molar-refractivity contribution in [3.63, 3.8) is 0 Å². The van der Waals surface area contributed by atoms with Gasteiger partial charge in [0, 0.05) is 38.3 Å². The highest BCUT2D eigenvalue weighted by Crippen LogP contribution is 2.30. The van der Waals surface area contributed by atoms with Gasteiger partial charge in [-0.15, -0.1) is 0 Å². The average Bonchev–Trinajstić information content (AvgIpc) is 3.11. The summed E-state index contributed by atoms with van der Waals surface area (Å²) in [6.07, 6.45) is 10.7. The highest BCUT2D eigenvalue weighted by Gasteiger charge is 2.29. The van der Waals surface area contributed by atoms with Crippen molar-refractivity contribution in [3.05, 3.63) is 42.0 Å². The number of imidazole rings is 1. The number of hydrogen-bond acceptors (Lipinski definition) is 6. The second-order valence-electron chi connectivity index (χ2n) is 11.3. The molecule has 196 valence electrons. The first-order chi connectivity index (χ1) is 18.1. The summed E-state index contributed by atoms with van der Waals surface area (Å²) in [7, 11) is 0. The van der Waals surface area contributed by atoms with Crippen LogP contribution in [0.25, 0.3) is 11.2 Å². The van der Waals surface area contributed by atoms with Crippen molar-refractivity contribution in [3.8, 4) is 0 Å². The van der Waals surface area contributed by atoms with Crippen LogP contribution in [0.5, 0.6) is 0 Å². The van der Waals surface area contributed by atoms with Crippen molar-refractivity contribution in [2.45, 2.75) is 71.4 Å². The first kappa shape index (κ1) is 24.3. The van der Waals surface area contributed by atoms with E-state index in [0.717, 1.165) is 73.3 Å². The van der Waals surface area contributed by atoms with Gasteiger partial charge in [0.1, 0.15) is 12.2 Å². The van der Waals surface area contributed by atoms with Gasteiger partial charge < -0.3 is 14.8 Å². The summed E-state index contributed by atoms with van der Waals surface area (Å²) < 4.78 is 2.27. The lowest BCUT2D eigenvalue weighted by molar-refractivity contribution is -0.120. The molecule has 1 aromatic carbocycles. The third kappa shape index (κ3) is 5.35. The Bertz CT molecular complexity index is 1230. The fourth-order valence-electron chi connectivity index (χ4n) is 6.16. The lowest BCUT2D eigenvalue weighted by Crippen LogP contribution is -2.41. The summed E-state index contributed by atoms with van der Waals surface area (Å²) in [4.78, 5) is 32.2. The quantitative estimate of drug-likeness (QED) is 0.549. The Kier molecular flexibility index (Phi) is 7.09. The van der Waals surface area contributed by atoms with Gasteiger partial charge in [-0.1, -0.05) is 25.5 Å². The number of rotatable bonds is 5. The molecule has 37 heavy (non-hydrogen) atoms. The van der Waals surface area contributed by atoms with E-state index in [2.05, 4.69) is 48.7 Å². The molecule has 0 unspecified atom stereocenters. The smallest absolute Gasteiger partial charge is 0.229 e. The average molecular weight is 502 g/mol. The van der Waals surface area contributed by atoms with Crippen molar-refractivity contribution in [2.75, 3.05) is 36.4 Å². The second-order valence-corrected chi connectivity index (χ2v) is 11.3. The second kappa shape index (κ2) is 10.8. The van der Waals surface area contributed by atoms with Crippen molar-refractivity contribution < 1.29 is 4.79 Å². The standard InChI is InChI=1S/C29H39N7O/c1-21-12-16-34(17-13-21)18-22-8-10-24(11-9-22)32-29(37)23-6-5-14-35(19-23)27-26-28(31-20-30-27)36-15-4-2-3-7-25(36)33-26/h8-11,20-21,23H,2-7,12-19H2,1H3,(H,32,37)/t23-/m0/s1. The van der Waals surface area contributed by atoms with Crippen molar-refractivity contribution >= 4 is 28.6 Å². The molecule has 3 aliphatic heterocycles. The molecule has 5 heterocycles. The van der Waals surface area contributed by atoms with Crippen LogP contribution in [0.4, 0.5) is 11.5 Å². The third-order valence-electron chi connectivity index (χ3n) is 8.47. The maximum atomic E-state index is 13.2. The molecule has 1 amide bonds. The first-order valence-electron chi connectivity index (χ1n) is 14.2. The van der Waals surface area contributed by atoms with Gasteiger partial charge in [0.15, 0.2) is 17.0 Å². The Morgan fingerprint density at radius 3 is 2.65 bits per heavy atom. The number of nitrogens with one attached hydrogen (secondary N) is 1. The van der Waals surface area contributed by atoms with Gasteiger partial charge in [0.25, 0.3) is 0 Å². The van der Waals surface area contributed by atoms with Crippen LogP contribution < -0.4 is 10.2 Å². The van der Waals surface area contributed by atoms with E-state index < -0.39 is 0 Å². The van der Waals surface area contributed by atoms with Crippen LogP contribution in [0.1, 0.15) is 63.3 Å². The normalized spacial score (nSPS) is 21.5. The Balaban J connectivity index is 1.10.